The number of nitrogens with zero attached hydrogens (tertiary/aromatic N) is 3. The summed E-state index contributed by atoms with van der Waals surface area (Å²) in [4.78, 5) is 19.2. The van der Waals surface area contributed by atoms with Crippen molar-refractivity contribution in [3.8, 4) is 0 Å². The Morgan fingerprint density at radius 3 is 2.73 bits per heavy atom. The van der Waals surface area contributed by atoms with Crippen LogP contribution in [0, 0.1) is 6.92 Å². The van der Waals surface area contributed by atoms with Gasteiger partial charge in [-0.1, -0.05) is 0 Å². The van der Waals surface area contributed by atoms with Crippen molar-refractivity contribution in [1.82, 2.24) is 15.1 Å². The third-order valence-corrected chi connectivity index (χ3v) is 1.70. The Hall–Kier alpha value is -2.24. The van der Waals surface area contributed by atoms with Crippen molar-refractivity contribution in [3.05, 3.63) is 36.0 Å². The van der Waals surface area contributed by atoms with Gasteiger partial charge in [-0.05, 0) is 17.3 Å². The van der Waals surface area contributed by atoms with Gasteiger partial charge in [-0.25, -0.2) is 0 Å². The molecule has 0 aromatic carbocycles. The Bertz CT molecular complexity index is 466. The van der Waals surface area contributed by atoms with Crippen LogP contribution in [0.2, 0.25) is 0 Å². The second-order valence-electron chi connectivity index (χ2n) is 2.83. The molecule has 0 unspecified atom stereocenters. The quantitative estimate of drug-likeness (QED) is 0.789. The Kier molecular flexibility index (Phi) is 2.40. The Morgan fingerprint density at radius 2 is 2.13 bits per heavy atom. The Labute approximate surface area is 85.3 Å². The van der Waals surface area contributed by atoms with Crippen molar-refractivity contribution in [2.45, 2.75) is 6.92 Å². The summed E-state index contributed by atoms with van der Waals surface area (Å²) in [7, 11) is 0. The fourth-order valence-electron chi connectivity index (χ4n) is 1.03. The third-order valence-electron chi connectivity index (χ3n) is 1.70. The van der Waals surface area contributed by atoms with Crippen LogP contribution in [0.4, 0.5) is 5.95 Å². The standard InChI is InChI=1S/C9H8N4O2/c1-6-11-9(13-15-6)12-8(14)7-2-4-10-5-3-7/h2-5H,1H3,(H,12,13,14). The summed E-state index contributed by atoms with van der Waals surface area (Å²) in [6.07, 6.45) is 3.08. The largest absolute Gasteiger partial charge is 0.338 e. The summed E-state index contributed by atoms with van der Waals surface area (Å²) in [6.45, 7) is 1.65. The van der Waals surface area contributed by atoms with Crippen molar-refractivity contribution in [2.24, 2.45) is 0 Å². The van der Waals surface area contributed by atoms with Gasteiger partial charge in [-0.2, -0.15) is 4.98 Å². The number of carbonyl (C=O) groups is 1. The minimum atomic E-state index is -0.293. The first-order valence-electron chi connectivity index (χ1n) is 4.27. The maximum Gasteiger partial charge on any atom is 0.270 e. The van der Waals surface area contributed by atoms with Crippen LogP contribution in [0.3, 0.4) is 0 Å². The van der Waals surface area contributed by atoms with Crippen LogP contribution < -0.4 is 5.32 Å². The number of anilines is 1. The smallest absolute Gasteiger partial charge is 0.270 e. The van der Waals surface area contributed by atoms with Crippen molar-refractivity contribution in [1.29, 1.82) is 0 Å². The van der Waals surface area contributed by atoms with Gasteiger partial charge in [0.25, 0.3) is 11.9 Å². The van der Waals surface area contributed by atoms with E-state index in [4.69, 9.17) is 4.52 Å². The number of hydrogen-bond acceptors (Lipinski definition) is 5. The van der Waals surface area contributed by atoms with E-state index in [2.05, 4.69) is 20.4 Å². The summed E-state index contributed by atoms with van der Waals surface area (Å²) in [6, 6.07) is 3.20. The van der Waals surface area contributed by atoms with E-state index in [0.717, 1.165) is 0 Å². The highest BCUT2D eigenvalue weighted by atomic mass is 16.5. The highest BCUT2D eigenvalue weighted by molar-refractivity contribution is 6.03. The predicted octanol–water partition coefficient (Wildman–Crippen LogP) is 1.03. The molecule has 15 heavy (non-hydrogen) atoms. The van der Waals surface area contributed by atoms with Crippen LogP contribution in [-0.2, 0) is 0 Å². The summed E-state index contributed by atoms with van der Waals surface area (Å²) in [5, 5.41) is 6.04. The van der Waals surface area contributed by atoms with Crippen molar-refractivity contribution >= 4 is 11.9 Å². The molecule has 6 heteroatoms. The molecule has 2 rings (SSSR count). The van der Waals surface area contributed by atoms with E-state index in [-0.39, 0.29) is 11.9 Å². The number of aromatic nitrogens is 3. The van der Waals surface area contributed by atoms with Crippen LogP contribution >= 0.6 is 0 Å². The molecule has 0 aliphatic heterocycles. The summed E-state index contributed by atoms with van der Waals surface area (Å²) < 4.78 is 4.71. The minimum absolute atomic E-state index is 0.161. The SMILES string of the molecule is Cc1nc(NC(=O)c2ccncc2)no1. The summed E-state index contributed by atoms with van der Waals surface area (Å²) in [5.41, 5.74) is 0.493. The molecule has 0 fully saturated rings. The van der Waals surface area contributed by atoms with Crippen molar-refractivity contribution in [2.75, 3.05) is 5.32 Å². The van der Waals surface area contributed by atoms with Gasteiger partial charge in [0.2, 0.25) is 5.89 Å². The Balaban J connectivity index is 2.11. The first-order chi connectivity index (χ1) is 7.25. The molecule has 1 N–H and O–H groups in total. The molecule has 0 aliphatic carbocycles. The number of amides is 1. The predicted molar refractivity (Wildman–Crippen MR) is 51.2 cm³/mol. The van der Waals surface area contributed by atoms with Gasteiger partial charge in [0.1, 0.15) is 0 Å². The molecule has 6 nitrogen and oxygen atoms in total. The minimum Gasteiger partial charge on any atom is -0.338 e. The molecule has 0 aliphatic rings. The lowest BCUT2D eigenvalue weighted by atomic mass is 10.2. The van der Waals surface area contributed by atoms with Gasteiger partial charge < -0.3 is 4.52 Å². The topological polar surface area (TPSA) is 80.9 Å². The molecule has 0 saturated heterocycles. The fraction of sp³-hybridized carbons (Fsp3) is 0.111. The normalized spacial score (nSPS) is 9.93. The van der Waals surface area contributed by atoms with E-state index in [1.165, 1.54) is 12.4 Å². The third kappa shape index (κ3) is 2.16. The van der Waals surface area contributed by atoms with E-state index in [0.29, 0.717) is 11.5 Å². The zero-order valence-corrected chi connectivity index (χ0v) is 7.97. The lowest BCUT2D eigenvalue weighted by molar-refractivity contribution is 0.102. The second kappa shape index (κ2) is 3.87. The number of pyridine rings is 1. The molecule has 0 spiro atoms. The lowest BCUT2D eigenvalue weighted by Crippen LogP contribution is -2.12. The molecular weight excluding hydrogens is 196 g/mol. The maximum absolute atomic E-state index is 11.6. The molecule has 2 aromatic rings. The number of aryl methyl sites for hydroxylation is 1. The molecule has 76 valence electrons. The molecule has 2 aromatic heterocycles. The number of carbonyl (C=O) groups excluding carboxylic acids is 1. The first kappa shape index (κ1) is 9.32. The maximum atomic E-state index is 11.6. The van der Waals surface area contributed by atoms with Gasteiger partial charge in [0.15, 0.2) is 0 Å². The van der Waals surface area contributed by atoms with E-state index < -0.39 is 0 Å². The summed E-state index contributed by atoms with van der Waals surface area (Å²) >= 11 is 0. The van der Waals surface area contributed by atoms with Crippen molar-refractivity contribution in [3.63, 3.8) is 0 Å². The molecule has 0 bridgehead atoms. The molecular formula is C9H8N4O2. The van der Waals surface area contributed by atoms with Crippen LogP contribution in [-0.4, -0.2) is 21.0 Å². The van der Waals surface area contributed by atoms with Crippen molar-refractivity contribution < 1.29 is 9.32 Å². The number of hydrogen-bond donors (Lipinski definition) is 1. The van der Waals surface area contributed by atoms with Crippen LogP contribution in [0.1, 0.15) is 16.2 Å². The summed E-state index contributed by atoms with van der Waals surface area (Å²) in [5.74, 6) is 0.271. The lowest BCUT2D eigenvalue weighted by Gasteiger charge is -1.98. The second-order valence-corrected chi connectivity index (χ2v) is 2.83. The van der Waals surface area contributed by atoms with E-state index in [9.17, 15) is 4.79 Å². The van der Waals surface area contributed by atoms with Gasteiger partial charge in [0.05, 0.1) is 0 Å². The zero-order valence-electron chi connectivity index (χ0n) is 7.97. The fourth-order valence-corrected chi connectivity index (χ4v) is 1.03. The zero-order chi connectivity index (χ0) is 10.7. The van der Waals surface area contributed by atoms with Gasteiger partial charge in [-0.3, -0.25) is 15.1 Å². The molecule has 1 amide bonds. The Morgan fingerprint density at radius 1 is 1.40 bits per heavy atom. The van der Waals surface area contributed by atoms with Crippen LogP contribution in [0.25, 0.3) is 0 Å². The average molecular weight is 204 g/mol. The average Bonchev–Trinajstić information content (AvgIpc) is 2.65. The molecule has 0 saturated carbocycles. The van der Waals surface area contributed by atoms with Crippen LogP contribution in [0.15, 0.2) is 29.0 Å². The molecule has 2 heterocycles. The van der Waals surface area contributed by atoms with Gasteiger partial charge in [0, 0.05) is 24.9 Å². The van der Waals surface area contributed by atoms with Crippen LogP contribution in [0.5, 0.6) is 0 Å². The highest BCUT2D eigenvalue weighted by Gasteiger charge is 2.08. The van der Waals surface area contributed by atoms with Gasteiger partial charge >= 0.3 is 0 Å². The van der Waals surface area contributed by atoms with E-state index >= 15 is 0 Å². The van der Waals surface area contributed by atoms with E-state index in [1.54, 1.807) is 19.1 Å². The molecule has 0 atom stereocenters. The van der Waals surface area contributed by atoms with E-state index in [1.807, 2.05) is 0 Å². The highest BCUT2D eigenvalue weighted by Crippen LogP contribution is 2.04. The van der Waals surface area contributed by atoms with Gasteiger partial charge in [-0.15, -0.1) is 0 Å². The molecule has 0 radical (unpaired) electrons. The number of nitrogens with one attached hydrogen (secondary N) is 1. The monoisotopic (exact) mass is 204 g/mol. The number of rotatable bonds is 2. The first-order valence-corrected chi connectivity index (χ1v) is 4.27.